The zero-order valence-electron chi connectivity index (χ0n) is 9.96. The van der Waals surface area contributed by atoms with Crippen LogP contribution in [0.25, 0.3) is 0 Å². The van der Waals surface area contributed by atoms with Crippen LogP contribution in [0.3, 0.4) is 0 Å². The van der Waals surface area contributed by atoms with Gasteiger partial charge in [0.1, 0.15) is 11.8 Å². The van der Waals surface area contributed by atoms with Crippen LogP contribution < -0.4 is 5.32 Å². The molecule has 96 valence electrons. The molecule has 0 radical (unpaired) electrons. The number of aliphatic carboxylic acids is 1. The number of carboxylic acid groups (broad SMARTS) is 1. The van der Waals surface area contributed by atoms with Crippen molar-refractivity contribution in [3.8, 4) is 5.75 Å². The Balaban J connectivity index is 1.93. The number of hydrogen-bond donors (Lipinski definition) is 3. The number of phenolic OH excluding ortho intramolecular Hbond substituents is 1. The van der Waals surface area contributed by atoms with Crippen molar-refractivity contribution >= 4 is 11.9 Å². The zero-order chi connectivity index (χ0) is 13.3. The molecular weight excluding hydrogens is 234 g/mol. The molecule has 1 saturated carbocycles. The average Bonchev–Trinajstić information content (AvgIpc) is 3.09. The first kappa shape index (κ1) is 12.4. The molecule has 3 atom stereocenters. The van der Waals surface area contributed by atoms with Gasteiger partial charge in [0, 0.05) is 5.92 Å². The van der Waals surface area contributed by atoms with Gasteiger partial charge in [0.15, 0.2) is 0 Å². The summed E-state index contributed by atoms with van der Waals surface area (Å²) in [5.74, 6) is -1.09. The van der Waals surface area contributed by atoms with Crippen molar-refractivity contribution in [3.63, 3.8) is 0 Å². The number of hydrogen-bond acceptors (Lipinski definition) is 3. The van der Waals surface area contributed by atoms with Gasteiger partial charge in [-0.15, -0.1) is 0 Å². The van der Waals surface area contributed by atoms with Crippen LogP contribution in [0.5, 0.6) is 5.75 Å². The Morgan fingerprint density at radius 1 is 1.33 bits per heavy atom. The Kier molecular flexibility index (Phi) is 3.23. The van der Waals surface area contributed by atoms with Crippen LogP contribution in [0.15, 0.2) is 24.3 Å². The van der Waals surface area contributed by atoms with E-state index in [0.717, 1.165) is 12.0 Å². The molecule has 5 heteroatoms. The van der Waals surface area contributed by atoms with Crippen LogP contribution in [-0.2, 0) is 9.59 Å². The molecule has 3 unspecified atom stereocenters. The van der Waals surface area contributed by atoms with E-state index in [-0.39, 0.29) is 23.5 Å². The summed E-state index contributed by atoms with van der Waals surface area (Å²) in [5.41, 5.74) is 0.996. The van der Waals surface area contributed by atoms with E-state index >= 15 is 0 Å². The Hall–Kier alpha value is -2.04. The van der Waals surface area contributed by atoms with E-state index in [1.54, 1.807) is 24.3 Å². The molecule has 0 aromatic heterocycles. The third-order valence-electron chi connectivity index (χ3n) is 3.18. The molecule has 0 heterocycles. The van der Waals surface area contributed by atoms with Crippen LogP contribution in [-0.4, -0.2) is 28.1 Å². The van der Waals surface area contributed by atoms with Crippen molar-refractivity contribution in [3.05, 3.63) is 29.8 Å². The molecular formula is C13H15NO4. The van der Waals surface area contributed by atoms with E-state index in [2.05, 4.69) is 5.32 Å². The van der Waals surface area contributed by atoms with Gasteiger partial charge in [-0.05, 0) is 37.0 Å². The molecule has 1 fully saturated rings. The van der Waals surface area contributed by atoms with Crippen LogP contribution in [0.2, 0.25) is 0 Å². The summed E-state index contributed by atoms with van der Waals surface area (Å²) in [6.07, 6.45) is 0.725. The Bertz CT molecular complexity index is 468. The predicted octanol–water partition coefficient (Wildman–Crippen LogP) is 1.08. The molecule has 2 rings (SSSR count). The molecule has 0 bridgehead atoms. The van der Waals surface area contributed by atoms with Gasteiger partial charge in [0.05, 0.1) is 0 Å². The van der Waals surface area contributed by atoms with E-state index in [9.17, 15) is 9.59 Å². The number of carbonyl (C=O) groups excluding carboxylic acids is 1. The summed E-state index contributed by atoms with van der Waals surface area (Å²) in [7, 11) is 0. The van der Waals surface area contributed by atoms with Gasteiger partial charge < -0.3 is 15.5 Å². The third-order valence-corrected chi connectivity index (χ3v) is 3.18. The Labute approximate surface area is 104 Å². The molecule has 0 aliphatic heterocycles. The van der Waals surface area contributed by atoms with Crippen molar-refractivity contribution in [1.29, 1.82) is 0 Å². The summed E-state index contributed by atoms with van der Waals surface area (Å²) >= 11 is 0. The van der Waals surface area contributed by atoms with Crippen LogP contribution >= 0.6 is 0 Å². The standard InChI is InChI=1S/C13H15NO4/c1-7(13(17)18)14-12(16)11-6-10(11)8-2-4-9(15)5-3-8/h2-5,7,10-11,15H,6H2,1H3,(H,14,16)(H,17,18). The molecule has 1 amide bonds. The smallest absolute Gasteiger partial charge is 0.325 e. The lowest BCUT2D eigenvalue weighted by Crippen LogP contribution is -2.39. The van der Waals surface area contributed by atoms with Crippen LogP contribution in [0.4, 0.5) is 0 Å². The van der Waals surface area contributed by atoms with Gasteiger partial charge in [-0.25, -0.2) is 0 Å². The highest BCUT2D eigenvalue weighted by Gasteiger charge is 2.44. The maximum absolute atomic E-state index is 11.7. The highest BCUT2D eigenvalue weighted by atomic mass is 16.4. The largest absolute Gasteiger partial charge is 0.508 e. The number of amides is 1. The first-order chi connectivity index (χ1) is 8.49. The minimum atomic E-state index is -1.04. The van der Waals surface area contributed by atoms with Gasteiger partial charge in [0.25, 0.3) is 0 Å². The van der Waals surface area contributed by atoms with Gasteiger partial charge in [-0.3, -0.25) is 9.59 Å². The molecule has 5 nitrogen and oxygen atoms in total. The van der Waals surface area contributed by atoms with E-state index < -0.39 is 12.0 Å². The molecule has 1 aromatic carbocycles. The summed E-state index contributed by atoms with van der Waals surface area (Å²) in [4.78, 5) is 22.4. The monoisotopic (exact) mass is 249 g/mol. The lowest BCUT2D eigenvalue weighted by Gasteiger charge is -2.08. The molecule has 3 N–H and O–H groups in total. The highest BCUT2D eigenvalue weighted by molar-refractivity contribution is 5.87. The van der Waals surface area contributed by atoms with Crippen molar-refractivity contribution in [2.45, 2.75) is 25.3 Å². The summed E-state index contributed by atoms with van der Waals surface area (Å²) in [5, 5.41) is 20.3. The van der Waals surface area contributed by atoms with Crippen molar-refractivity contribution < 1.29 is 19.8 Å². The molecule has 1 aromatic rings. The fourth-order valence-corrected chi connectivity index (χ4v) is 1.96. The second-order valence-corrected chi connectivity index (χ2v) is 4.61. The second kappa shape index (κ2) is 4.68. The first-order valence-corrected chi connectivity index (χ1v) is 5.81. The topological polar surface area (TPSA) is 86.6 Å². The minimum Gasteiger partial charge on any atom is -0.508 e. The number of benzene rings is 1. The van der Waals surface area contributed by atoms with Crippen LogP contribution in [0, 0.1) is 5.92 Å². The Morgan fingerprint density at radius 2 is 1.94 bits per heavy atom. The molecule has 1 aliphatic rings. The summed E-state index contributed by atoms with van der Waals surface area (Å²) < 4.78 is 0. The predicted molar refractivity (Wildman–Crippen MR) is 64.2 cm³/mol. The fourth-order valence-electron chi connectivity index (χ4n) is 1.96. The second-order valence-electron chi connectivity index (χ2n) is 4.61. The van der Waals surface area contributed by atoms with E-state index in [0.29, 0.717) is 0 Å². The molecule has 0 spiro atoms. The van der Waals surface area contributed by atoms with Gasteiger partial charge >= 0.3 is 5.97 Å². The first-order valence-electron chi connectivity index (χ1n) is 5.81. The van der Waals surface area contributed by atoms with Gasteiger partial charge in [-0.1, -0.05) is 12.1 Å². The summed E-state index contributed by atoms with van der Waals surface area (Å²) in [6, 6.07) is 5.88. The van der Waals surface area contributed by atoms with E-state index in [1.807, 2.05) is 0 Å². The van der Waals surface area contributed by atoms with Gasteiger partial charge in [0.2, 0.25) is 5.91 Å². The number of nitrogens with one attached hydrogen (secondary N) is 1. The number of carboxylic acids is 1. The SMILES string of the molecule is CC(NC(=O)C1CC1c1ccc(O)cc1)C(=O)O. The molecule has 18 heavy (non-hydrogen) atoms. The maximum atomic E-state index is 11.7. The van der Waals surface area contributed by atoms with E-state index in [1.165, 1.54) is 6.92 Å². The number of rotatable bonds is 4. The number of aromatic hydroxyl groups is 1. The third kappa shape index (κ3) is 2.61. The highest BCUT2D eigenvalue weighted by Crippen LogP contribution is 2.47. The van der Waals surface area contributed by atoms with Crippen molar-refractivity contribution in [2.75, 3.05) is 0 Å². The maximum Gasteiger partial charge on any atom is 0.325 e. The quantitative estimate of drug-likeness (QED) is 0.745. The minimum absolute atomic E-state index is 0.131. The Morgan fingerprint density at radius 3 is 2.50 bits per heavy atom. The fraction of sp³-hybridized carbons (Fsp3) is 0.385. The zero-order valence-corrected chi connectivity index (χ0v) is 9.96. The lowest BCUT2D eigenvalue weighted by atomic mass is 10.1. The average molecular weight is 249 g/mol. The number of carbonyl (C=O) groups is 2. The summed E-state index contributed by atoms with van der Waals surface area (Å²) in [6.45, 7) is 1.44. The molecule has 0 saturated heterocycles. The lowest BCUT2D eigenvalue weighted by molar-refractivity contribution is -0.141. The van der Waals surface area contributed by atoms with Gasteiger partial charge in [-0.2, -0.15) is 0 Å². The molecule has 1 aliphatic carbocycles. The number of phenols is 1. The van der Waals surface area contributed by atoms with Crippen LogP contribution in [0.1, 0.15) is 24.8 Å². The normalized spacial score (nSPS) is 23.2. The van der Waals surface area contributed by atoms with E-state index in [4.69, 9.17) is 10.2 Å². The van der Waals surface area contributed by atoms with Crippen molar-refractivity contribution in [1.82, 2.24) is 5.32 Å². The van der Waals surface area contributed by atoms with Crippen molar-refractivity contribution in [2.24, 2.45) is 5.92 Å².